The van der Waals surface area contributed by atoms with E-state index in [4.69, 9.17) is 10.5 Å². The highest BCUT2D eigenvalue weighted by atomic mass is 19.1. The summed E-state index contributed by atoms with van der Waals surface area (Å²) >= 11 is 0. The Hall–Kier alpha value is -2.90. The Morgan fingerprint density at radius 1 is 1.48 bits per heavy atom. The first-order valence-corrected chi connectivity index (χ1v) is 5.89. The molecule has 1 aromatic carbocycles. The van der Waals surface area contributed by atoms with Gasteiger partial charge in [-0.05, 0) is 6.07 Å². The number of primary amides is 1. The SMILES string of the molecule is CN1CC=CC(c2cc([N+](=O)[O-])ccc2F)=C1N.NC=O. The van der Waals surface area contributed by atoms with E-state index >= 15 is 0 Å². The van der Waals surface area contributed by atoms with Gasteiger partial charge in [-0.2, -0.15) is 0 Å². The molecule has 1 aliphatic rings. The van der Waals surface area contributed by atoms with Gasteiger partial charge in [-0.15, -0.1) is 0 Å². The minimum absolute atomic E-state index is 0.143. The zero-order valence-electron chi connectivity index (χ0n) is 11.3. The molecule has 0 aromatic heterocycles. The Labute approximate surface area is 120 Å². The molecule has 8 heteroatoms. The van der Waals surface area contributed by atoms with Gasteiger partial charge in [0.1, 0.15) is 11.6 Å². The van der Waals surface area contributed by atoms with Gasteiger partial charge in [0.15, 0.2) is 0 Å². The standard InChI is InChI=1S/C12H12FN3O2.CH3NO/c1-15-6-2-3-9(12(15)14)10-7-8(16(17)18)4-5-11(10)13;2-1-3/h2-5,7H,6,14H2,1H3;1H,(H2,2,3). The fraction of sp³-hybridized carbons (Fsp3) is 0.154. The average Bonchev–Trinajstić information content (AvgIpc) is 2.43. The Bertz CT molecular complexity index is 613. The maximum atomic E-state index is 13.8. The zero-order chi connectivity index (χ0) is 16.0. The number of nitro benzene ring substituents is 1. The number of nitro groups is 1. The van der Waals surface area contributed by atoms with E-state index in [2.05, 4.69) is 5.73 Å². The Kier molecular flexibility index (Phi) is 5.41. The number of hydrogen-bond acceptors (Lipinski definition) is 5. The van der Waals surface area contributed by atoms with Gasteiger partial charge < -0.3 is 16.4 Å². The maximum absolute atomic E-state index is 13.8. The first-order valence-electron chi connectivity index (χ1n) is 5.89. The molecule has 1 aliphatic heterocycles. The molecule has 2 rings (SSSR count). The summed E-state index contributed by atoms with van der Waals surface area (Å²) in [6.45, 7) is 0.631. The molecule has 7 nitrogen and oxygen atoms in total. The summed E-state index contributed by atoms with van der Waals surface area (Å²) in [4.78, 5) is 20.5. The first-order chi connectivity index (χ1) is 9.92. The number of carbonyl (C=O) groups is 1. The highest BCUT2D eigenvalue weighted by Gasteiger charge is 2.18. The molecule has 0 spiro atoms. The topological polar surface area (TPSA) is 115 Å². The summed E-state index contributed by atoms with van der Waals surface area (Å²) in [6, 6.07) is 3.41. The Balaban J connectivity index is 0.000000677. The second-order valence-electron chi connectivity index (χ2n) is 4.14. The van der Waals surface area contributed by atoms with Crippen molar-refractivity contribution in [3.05, 3.63) is 57.7 Å². The number of halogens is 1. The number of amides is 1. The lowest BCUT2D eigenvalue weighted by Gasteiger charge is -2.24. The fourth-order valence-corrected chi connectivity index (χ4v) is 1.78. The number of likely N-dealkylation sites (N-methyl/N-ethyl adjacent to an activating group) is 1. The summed E-state index contributed by atoms with van der Waals surface area (Å²) in [5, 5.41) is 10.7. The van der Waals surface area contributed by atoms with Crippen molar-refractivity contribution in [3.8, 4) is 0 Å². The second kappa shape index (κ2) is 7.04. The molecule has 112 valence electrons. The van der Waals surface area contributed by atoms with E-state index in [1.54, 1.807) is 18.0 Å². The van der Waals surface area contributed by atoms with E-state index in [9.17, 15) is 14.5 Å². The van der Waals surface area contributed by atoms with Gasteiger partial charge in [-0.1, -0.05) is 12.2 Å². The predicted octanol–water partition coefficient (Wildman–Crippen LogP) is 0.964. The van der Waals surface area contributed by atoms with E-state index in [1.807, 2.05) is 6.08 Å². The Morgan fingerprint density at radius 2 is 2.10 bits per heavy atom. The quantitative estimate of drug-likeness (QED) is 0.479. The van der Waals surface area contributed by atoms with Crippen LogP contribution in [0.4, 0.5) is 10.1 Å². The molecule has 0 atom stereocenters. The van der Waals surface area contributed by atoms with Crippen molar-refractivity contribution < 1.29 is 14.1 Å². The van der Waals surface area contributed by atoms with E-state index < -0.39 is 10.7 Å². The average molecular weight is 294 g/mol. The molecule has 1 heterocycles. The van der Waals surface area contributed by atoms with Gasteiger partial charge in [-0.25, -0.2) is 4.39 Å². The van der Waals surface area contributed by atoms with Crippen molar-refractivity contribution in [2.45, 2.75) is 0 Å². The number of non-ortho nitro benzene ring substituents is 1. The summed E-state index contributed by atoms with van der Waals surface area (Å²) in [7, 11) is 1.77. The third kappa shape index (κ3) is 3.78. The van der Waals surface area contributed by atoms with Gasteiger partial charge in [0.2, 0.25) is 6.41 Å². The molecule has 0 fully saturated rings. The van der Waals surface area contributed by atoms with Crippen LogP contribution in [0.1, 0.15) is 5.56 Å². The number of allylic oxidation sites excluding steroid dienone is 2. The van der Waals surface area contributed by atoms with Crippen molar-refractivity contribution >= 4 is 17.7 Å². The number of nitrogens with zero attached hydrogens (tertiary/aromatic N) is 2. The van der Waals surface area contributed by atoms with Crippen LogP contribution < -0.4 is 11.5 Å². The third-order valence-corrected chi connectivity index (χ3v) is 2.80. The van der Waals surface area contributed by atoms with Crippen molar-refractivity contribution in [3.63, 3.8) is 0 Å². The molecular formula is C13H15FN4O3. The smallest absolute Gasteiger partial charge is 0.270 e. The molecule has 0 saturated carbocycles. The monoisotopic (exact) mass is 294 g/mol. The number of carbonyl (C=O) groups excluding carboxylic acids is 1. The molecular weight excluding hydrogens is 279 g/mol. The maximum Gasteiger partial charge on any atom is 0.270 e. The van der Waals surface area contributed by atoms with Crippen LogP contribution in [0.15, 0.2) is 36.2 Å². The largest absolute Gasteiger partial charge is 0.385 e. The molecule has 0 unspecified atom stereocenters. The van der Waals surface area contributed by atoms with E-state index in [-0.39, 0.29) is 17.7 Å². The lowest BCUT2D eigenvalue weighted by Crippen LogP contribution is -2.27. The van der Waals surface area contributed by atoms with Crippen LogP contribution in [0, 0.1) is 15.9 Å². The van der Waals surface area contributed by atoms with Crippen LogP contribution in [-0.4, -0.2) is 29.8 Å². The Morgan fingerprint density at radius 3 is 2.67 bits per heavy atom. The molecule has 1 amide bonds. The molecule has 0 aliphatic carbocycles. The van der Waals surface area contributed by atoms with E-state index in [1.165, 1.54) is 6.07 Å². The molecule has 4 N–H and O–H groups in total. The van der Waals surface area contributed by atoms with Gasteiger partial charge in [-0.3, -0.25) is 14.9 Å². The van der Waals surface area contributed by atoms with Crippen molar-refractivity contribution in [2.24, 2.45) is 11.5 Å². The normalized spacial score (nSPS) is 13.5. The summed E-state index contributed by atoms with van der Waals surface area (Å²) < 4.78 is 13.8. The summed E-state index contributed by atoms with van der Waals surface area (Å²) in [5.41, 5.74) is 10.5. The number of benzene rings is 1. The van der Waals surface area contributed by atoms with Crippen LogP contribution in [0.5, 0.6) is 0 Å². The third-order valence-electron chi connectivity index (χ3n) is 2.80. The summed E-state index contributed by atoms with van der Waals surface area (Å²) in [6.07, 6.45) is 3.75. The van der Waals surface area contributed by atoms with Gasteiger partial charge in [0.25, 0.3) is 5.69 Å². The zero-order valence-corrected chi connectivity index (χ0v) is 11.3. The molecule has 0 radical (unpaired) electrons. The minimum Gasteiger partial charge on any atom is -0.385 e. The van der Waals surface area contributed by atoms with Gasteiger partial charge >= 0.3 is 0 Å². The minimum atomic E-state index is -0.560. The molecule has 1 aromatic rings. The molecule has 0 bridgehead atoms. The second-order valence-corrected chi connectivity index (χ2v) is 4.14. The first kappa shape index (κ1) is 16.2. The summed E-state index contributed by atoms with van der Waals surface area (Å²) in [5.74, 6) is -0.129. The number of hydrogen-bond donors (Lipinski definition) is 2. The van der Waals surface area contributed by atoms with Crippen LogP contribution in [-0.2, 0) is 4.79 Å². The van der Waals surface area contributed by atoms with Gasteiger partial charge in [0, 0.05) is 36.9 Å². The van der Waals surface area contributed by atoms with E-state index in [0.29, 0.717) is 17.9 Å². The number of rotatable bonds is 2. The molecule has 0 saturated heterocycles. The lowest BCUT2D eigenvalue weighted by atomic mass is 10.0. The van der Waals surface area contributed by atoms with Crippen LogP contribution in [0.2, 0.25) is 0 Å². The highest BCUT2D eigenvalue weighted by molar-refractivity contribution is 5.78. The highest BCUT2D eigenvalue weighted by Crippen LogP contribution is 2.28. The fourth-order valence-electron chi connectivity index (χ4n) is 1.78. The van der Waals surface area contributed by atoms with Crippen molar-refractivity contribution in [1.82, 2.24) is 4.90 Å². The van der Waals surface area contributed by atoms with Crippen LogP contribution in [0.25, 0.3) is 5.57 Å². The van der Waals surface area contributed by atoms with Crippen molar-refractivity contribution in [2.75, 3.05) is 13.6 Å². The van der Waals surface area contributed by atoms with Crippen LogP contribution >= 0.6 is 0 Å². The number of nitrogens with two attached hydrogens (primary N) is 2. The molecule has 21 heavy (non-hydrogen) atoms. The van der Waals surface area contributed by atoms with Crippen LogP contribution in [0.3, 0.4) is 0 Å². The predicted molar refractivity (Wildman–Crippen MR) is 76.2 cm³/mol. The van der Waals surface area contributed by atoms with Gasteiger partial charge in [0.05, 0.1) is 4.92 Å². The van der Waals surface area contributed by atoms with Crippen molar-refractivity contribution in [1.29, 1.82) is 0 Å². The lowest BCUT2D eigenvalue weighted by molar-refractivity contribution is -0.384. The van der Waals surface area contributed by atoms with E-state index in [0.717, 1.165) is 12.1 Å².